The molecule has 0 fully saturated rings. The number of hydrogen-bond donors (Lipinski definition) is 0. The van der Waals surface area contributed by atoms with Gasteiger partial charge in [0.15, 0.2) is 5.15 Å². The number of aromatic nitrogens is 5. The number of halogens is 1. The van der Waals surface area contributed by atoms with Crippen LogP contribution < -0.4 is 4.90 Å². The number of carbonyl (C=O) groups is 1. The normalized spacial score (nSPS) is 11.0. The number of aryl methyl sites for hydroxylation is 2. The molecule has 3 rings (SSSR count). The largest absolute Gasteiger partial charge is 0.334 e. The summed E-state index contributed by atoms with van der Waals surface area (Å²) in [5, 5.41) is 4.62. The van der Waals surface area contributed by atoms with Gasteiger partial charge in [-0.2, -0.15) is 16.9 Å². The van der Waals surface area contributed by atoms with Crippen molar-refractivity contribution in [1.82, 2.24) is 24.3 Å². The first-order valence-electron chi connectivity index (χ1n) is 9.11. The van der Waals surface area contributed by atoms with Gasteiger partial charge in [-0.25, -0.2) is 9.67 Å². The maximum Gasteiger partial charge on any atom is 0.227 e. The number of hydrogen-bond acceptors (Lipinski definition) is 5. The van der Waals surface area contributed by atoms with Crippen molar-refractivity contribution in [1.29, 1.82) is 0 Å². The lowest BCUT2D eigenvalue weighted by Crippen LogP contribution is -2.30. The Morgan fingerprint density at radius 1 is 1.32 bits per heavy atom. The van der Waals surface area contributed by atoms with E-state index in [1.54, 1.807) is 46.1 Å². The second-order valence-corrected chi connectivity index (χ2v) is 7.71. The summed E-state index contributed by atoms with van der Waals surface area (Å²) in [7, 11) is 0. The van der Waals surface area contributed by atoms with Gasteiger partial charge in [0, 0.05) is 49.6 Å². The fourth-order valence-electron chi connectivity index (χ4n) is 2.83. The maximum atomic E-state index is 12.7. The Balaban J connectivity index is 1.55. The van der Waals surface area contributed by atoms with Crippen LogP contribution in [0.5, 0.6) is 0 Å². The SMILES string of the molecule is CCN(C(=O)CCSCCn1ccnc1C)c1cn(-c2cccnc2)nc1Cl. The molecule has 148 valence electrons. The summed E-state index contributed by atoms with van der Waals surface area (Å²) in [6.07, 6.45) is 9.40. The number of imidazole rings is 1. The average molecular weight is 419 g/mol. The number of pyridine rings is 1. The Labute approximate surface area is 173 Å². The average Bonchev–Trinajstić information content (AvgIpc) is 3.29. The molecule has 3 aromatic heterocycles. The molecule has 0 aliphatic rings. The molecule has 1 amide bonds. The molecule has 3 heterocycles. The van der Waals surface area contributed by atoms with Crippen LogP contribution >= 0.6 is 23.4 Å². The molecular weight excluding hydrogens is 396 g/mol. The molecule has 0 saturated carbocycles. The van der Waals surface area contributed by atoms with Crippen LogP contribution in [-0.2, 0) is 11.3 Å². The van der Waals surface area contributed by atoms with Crippen LogP contribution in [-0.4, -0.2) is 48.3 Å². The van der Waals surface area contributed by atoms with Gasteiger partial charge in [-0.15, -0.1) is 0 Å². The van der Waals surface area contributed by atoms with E-state index in [4.69, 9.17) is 11.6 Å². The third-order valence-corrected chi connectivity index (χ3v) is 5.56. The van der Waals surface area contributed by atoms with E-state index < -0.39 is 0 Å². The van der Waals surface area contributed by atoms with Crippen LogP contribution in [0.25, 0.3) is 5.69 Å². The van der Waals surface area contributed by atoms with Crippen molar-refractivity contribution in [2.45, 2.75) is 26.8 Å². The van der Waals surface area contributed by atoms with Crippen molar-refractivity contribution in [2.24, 2.45) is 0 Å². The van der Waals surface area contributed by atoms with E-state index in [1.807, 2.05) is 32.2 Å². The summed E-state index contributed by atoms with van der Waals surface area (Å²) in [5.41, 5.74) is 1.42. The molecular formula is C19H23ClN6OS. The third-order valence-electron chi connectivity index (χ3n) is 4.33. The lowest BCUT2D eigenvalue weighted by molar-refractivity contribution is -0.118. The van der Waals surface area contributed by atoms with E-state index in [-0.39, 0.29) is 5.91 Å². The fraction of sp³-hybridized carbons (Fsp3) is 0.368. The standard InChI is InChI=1S/C19H23ClN6OS/c1-3-25(17-14-26(23-19(17)20)16-5-4-7-21-13-16)18(27)6-11-28-12-10-24-9-8-22-15(24)2/h4-5,7-9,13-14H,3,6,10-12H2,1-2H3. The number of nitrogens with zero attached hydrogens (tertiary/aromatic N) is 6. The van der Waals surface area contributed by atoms with Crippen molar-refractivity contribution in [3.8, 4) is 5.69 Å². The molecule has 0 unspecified atom stereocenters. The third kappa shape index (κ3) is 4.94. The summed E-state index contributed by atoms with van der Waals surface area (Å²) in [6.45, 7) is 5.36. The fourth-order valence-corrected chi connectivity index (χ4v) is 3.91. The Hall–Kier alpha value is -2.32. The molecule has 0 atom stereocenters. The highest BCUT2D eigenvalue weighted by Gasteiger charge is 2.20. The highest BCUT2D eigenvalue weighted by Crippen LogP contribution is 2.26. The van der Waals surface area contributed by atoms with Crippen LogP contribution in [0.4, 0.5) is 5.69 Å². The predicted molar refractivity (Wildman–Crippen MR) is 113 cm³/mol. The highest BCUT2D eigenvalue weighted by molar-refractivity contribution is 7.99. The number of rotatable bonds is 9. The topological polar surface area (TPSA) is 68.8 Å². The Morgan fingerprint density at radius 2 is 2.18 bits per heavy atom. The zero-order valence-electron chi connectivity index (χ0n) is 16.0. The van der Waals surface area contributed by atoms with Gasteiger partial charge in [0.05, 0.1) is 18.1 Å². The molecule has 28 heavy (non-hydrogen) atoms. The zero-order chi connectivity index (χ0) is 19.9. The summed E-state index contributed by atoms with van der Waals surface area (Å²) in [6, 6.07) is 3.71. The molecule has 9 heteroatoms. The molecule has 0 N–H and O–H groups in total. The van der Waals surface area contributed by atoms with Gasteiger partial charge in [0.1, 0.15) is 11.5 Å². The highest BCUT2D eigenvalue weighted by atomic mass is 35.5. The van der Waals surface area contributed by atoms with Crippen LogP contribution in [0.15, 0.2) is 43.1 Å². The Morgan fingerprint density at radius 3 is 2.86 bits per heavy atom. The van der Waals surface area contributed by atoms with Crippen molar-refractivity contribution >= 4 is 35.0 Å². The van der Waals surface area contributed by atoms with Gasteiger partial charge in [0.25, 0.3) is 0 Å². The summed E-state index contributed by atoms with van der Waals surface area (Å²) in [4.78, 5) is 22.7. The van der Waals surface area contributed by atoms with Gasteiger partial charge in [-0.3, -0.25) is 9.78 Å². The van der Waals surface area contributed by atoms with Crippen LogP contribution in [0.3, 0.4) is 0 Å². The summed E-state index contributed by atoms with van der Waals surface area (Å²) < 4.78 is 3.75. The minimum Gasteiger partial charge on any atom is -0.334 e. The minimum atomic E-state index is 0.0430. The van der Waals surface area contributed by atoms with Gasteiger partial charge >= 0.3 is 0 Å². The van der Waals surface area contributed by atoms with E-state index in [0.29, 0.717) is 23.8 Å². The van der Waals surface area contributed by atoms with E-state index in [0.717, 1.165) is 29.6 Å². The molecule has 0 saturated heterocycles. The molecule has 0 spiro atoms. The summed E-state index contributed by atoms with van der Waals surface area (Å²) >= 11 is 8.07. The van der Waals surface area contributed by atoms with Crippen molar-refractivity contribution in [3.05, 3.63) is 54.1 Å². The second kappa shape index (κ2) is 9.75. The minimum absolute atomic E-state index is 0.0430. The first-order valence-corrected chi connectivity index (χ1v) is 10.6. The van der Waals surface area contributed by atoms with Crippen LogP contribution in [0.2, 0.25) is 5.15 Å². The van der Waals surface area contributed by atoms with Crippen molar-refractivity contribution in [3.63, 3.8) is 0 Å². The molecule has 0 aliphatic carbocycles. The number of anilines is 1. The summed E-state index contributed by atoms with van der Waals surface area (Å²) in [5.74, 6) is 2.75. The van der Waals surface area contributed by atoms with E-state index >= 15 is 0 Å². The van der Waals surface area contributed by atoms with Gasteiger partial charge in [0.2, 0.25) is 5.91 Å². The molecule has 0 bridgehead atoms. The lowest BCUT2D eigenvalue weighted by atomic mass is 10.3. The number of carbonyl (C=O) groups excluding carboxylic acids is 1. The van der Waals surface area contributed by atoms with Crippen molar-refractivity contribution < 1.29 is 4.79 Å². The van der Waals surface area contributed by atoms with Gasteiger partial charge < -0.3 is 9.47 Å². The van der Waals surface area contributed by atoms with Gasteiger partial charge in [-0.1, -0.05) is 11.6 Å². The van der Waals surface area contributed by atoms with E-state index in [1.165, 1.54) is 0 Å². The molecule has 3 aromatic rings. The van der Waals surface area contributed by atoms with Crippen LogP contribution in [0.1, 0.15) is 19.2 Å². The van der Waals surface area contributed by atoms with E-state index in [2.05, 4.69) is 19.6 Å². The van der Waals surface area contributed by atoms with Crippen LogP contribution in [0, 0.1) is 6.92 Å². The van der Waals surface area contributed by atoms with Crippen molar-refractivity contribution in [2.75, 3.05) is 23.0 Å². The maximum absolute atomic E-state index is 12.7. The Bertz CT molecular complexity index is 910. The number of amides is 1. The molecule has 0 radical (unpaired) electrons. The number of thioether (sulfide) groups is 1. The molecule has 0 aromatic carbocycles. The predicted octanol–water partition coefficient (Wildman–Crippen LogP) is 3.60. The molecule has 0 aliphatic heterocycles. The second-order valence-electron chi connectivity index (χ2n) is 6.13. The molecule has 7 nitrogen and oxygen atoms in total. The lowest BCUT2D eigenvalue weighted by Gasteiger charge is -2.19. The Kier molecular flexibility index (Phi) is 7.11. The first-order chi connectivity index (χ1) is 13.6. The zero-order valence-corrected chi connectivity index (χ0v) is 17.5. The smallest absolute Gasteiger partial charge is 0.227 e. The monoisotopic (exact) mass is 418 g/mol. The first kappa shape index (κ1) is 20.4. The van der Waals surface area contributed by atoms with Gasteiger partial charge in [-0.05, 0) is 26.0 Å². The van der Waals surface area contributed by atoms with E-state index in [9.17, 15) is 4.79 Å². The quantitative estimate of drug-likeness (QED) is 0.496.